The highest BCUT2D eigenvalue weighted by Gasteiger charge is 2.14. The number of hydrogen-bond acceptors (Lipinski definition) is 3. The second-order valence-electron chi connectivity index (χ2n) is 2.42. The first-order chi connectivity index (χ1) is 5.16. The second-order valence-corrected chi connectivity index (χ2v) is 2.42. The number of aromatic nitrogens is 1. The number of aryl methyl sites for hydroxylation is 2. The standard InChI is InChI=1S/C8H11NO2/c1-4-7(10)8-5(2)9-11-6(8)3/h4,7,10H,1H2,2-3H3. The molecule has 0 aliphatic carbocycles. The monoisotopic (exact) mass is 153 g/mol. The van der Waals surface area contributed by atoms with Gasteiger partial charge >= 0.3 is 0 Å². The molecule has 0 spiro atoms. The van der Waals surface area contributed by atoms with Gasteiger partial charge in [-0.15, -0.1) is 6.58 Å². The smallest absolute Gasteiger partial charge is 0.140 e. The van der Waals surface area contributed by atoms with Crippen LogP contribution in [0.3, 0.4) is 0 Å². The molecule has 0 radical (unpaired) electrons. The second kappa shape index (κ2) is 2.88. The van der Waals surface area contributed by atoms with Crippen LogP contribution >= 0.6 is 0 Å². The summed E-state index contributed by atoms with van der Waals surface area (Å²) in [6.45, 7) is 7.04. The average Bonchev–Trinajstić information content (AvgIpc) is 2.30. The van der Waals surface area contributed by atoms with Crippen molar-refractivity contribution in [2.24, 2.45) is 0 Å². The summed E-state index contributed by atoms with van der Waals surface area (Å²) in [6.07, 6.45) is 0.785. The van der Waals surface area contributed by atoms with Gasteiger partial charge < -0.3 is 9.63 Å². The summed E-state index contributed by atoms with van der Waals surface area (Å²) in [5.41, 5.74) is 1.44. The Bertz CT molecular complexity index is 246. The van der Waals surface area contributed by atoms with Crippen molar-refractivity contribution >= 4 is 0 Å². The maximum Gasteiger partial charge on any atom is 0.140 e. The van der Waals surface area contributed by atoms with Crippen molar-refractivity contribution in [3.05, 3.63) is 29.7 Å². The van der Waals surface area contributed by atoms with E-state index in [4.69, 9.17) is 4.52 Å². The van der Waals surface area contributed by atoms with E-state index in [9.17, 15) is 5.11 Å². The van der Waals surface area contributed by atoms with Crippen molar-refractivity contribution in [1.29, 1.82) is 0 Å². The molecule has 0 aliphatic rings. The Kier molecular flexibility index (Phi) is 2.10. The van der Waals surface area contributed by atoms with E-state index in [2.05, 4.69) is 11.7 Å². The van der Waals surface area contributed by atoms with Crippen LogP contribution in [0.5, 0.6) is 0 Å². The molecule has 3 heteroatoms. The van der Waals surface area contributed by atoms with Crippen LogP contribution < -0.4 is 0 Å². The molecule has 0 aromatic carbocycles. The summed E-state index contributed by atoms with van der Waals surface area (Å²) < 4.78 is 4.86. The van der Waals surface area contributed by atoms with Crippen molar-refractivity contribution in [2.45, 2.75) is 20.0 Å². The molecule has 0 amide bonds. The zero-order valence-corrected chi connectivity index (χ0v) is 6.66. The van der Waals surface area contributed by atoms with Crippen LogP contribution in [-0.2, 0) is 0 Å². The maximum atomic E-state index is 9.36. The number of aliphatic hydroxyl groups excluding tert-OH is 1. The van der Waals surface area contributed by atoms with E-state index < -0.39 is 6.10 Å². The lowest BCUT2D eigenvalue weighted by Gasteiger charge is -2.01. The number of hydrogen-bond donors (Lipinski definition) is 1. The highest BCUT2D eigenvalue weighted by molar-refractivity contribution is 5.26. The summed E-state index contributed by atoms with van der Waals surface area (Å²) >= 11 is 0. The van der Waals surface area contributed by atoms with Crippen LogP contribution in [0, 0.1) is 13.8 Å². The van der Waals surface area contributed by atoms with E-state index in [1.165, 1.54) is 6.08 Å². The summed E-state index contributed by atoms with van der Waals surface area (Å²) in [4.78, 5) is 0. The minimum Gasteiger partial charge on any atom is -0.384 e. The predicted molar refractivity (Wildman–Crippen MR) is 41.1 cm³/mol. The van der Waals surface area contributed by atoms with Crippen LogP contribution in [0.25, 0.3) is 0 Å². The Morgan fingerprint density at radius 3 is 2.64 bits per heavy atom. The van der Waals surface area contributed by atoms with E-state index in [0.717, 1.165) is 11.3 Å². The van der Waals surface area contributed by atoms with E-state index >= 15 is 0 Å². The van der Waals surface area contributed by atoms with Crippen molar-refractivity contribution in [3.8, 4) is 0 Å². The summed E-state index contributed by atoms with van der Waals surface area (Å²) in [5, 5.41) is 13.1. The molecular weight excluding hydrogens is 142 g/mol. The van der Waals surface area contributed by atoms with Crippen LogP contribution in [-0.4, -0.2) is 10.3 Å². The van der Waals surface area contributed by atoms with E-state index in [0.29, 0.717) is 5.76 Å². The third-order valence-electron chi connectivity index (χ3n) is 1.61. The van der Waals surface area contributed by atoms with Gasteiger partial charge in [-0.25, -0.2) is 0 Å². The van der Waals surface area contributed by atoms with Crippen LogP contribution in [0.2, 0.25) is 0 Å². The summed E-state index contributed by atoms with van der Waals surface area (Å²) in [6, 6.07) is 0. The Labute approximate surface area is 65.3 Å². The third-order valence-corrected chi connectivity index (χ3v) is 1.61. The molecule has 1 rings (SSSR count). The van der Waals surface area contributed by atoms with Gasteiger partial charge in [-0.1, -0.05) is 11.2 Å². The lowest BCUT2D eigenvalue weighted by molar-refractivity contribution is 0.226. The van der Waals surface area contributed by atoms with Gasteiger partial charge in [-0.05, 0) is 13.8 Å². The lowest BCUT2D eigenvalue weighted by atomic mass is 10.1. The first-order valence-electron chi connectivity index (χ1n) is 3.40. The van der Waals surface area contributed by atoms with Crippen LogP contribution in [0.1, 0.15) is 23.1 Å². The molecule has 1 atom stereocenters. The molecule has 11 heavy (non-hydrogen) atoms. The molecule has 0 saturated carbocycles. The predicted octanol–water partition coefficient (Wildman–Crippen LogP) is 1.51. The minimum absolute atomic E-state index is 0.648. The van der Waals surface area contributed by atoms with Gasteiger partial charge in [-0.3, -0.25) is 0 Å². The highest BCUT2D eigenvalue weighted by Crippen LogP contribution is 2.21. The quantitative estimate of drug-likeness (QED) is 0.655. The van der Waals surface area contributed by atoms with Gasteiger partial charge in [0, 0.05) is 5.56 Å². The van der Waals surface area contributed by atoms with E-state index in [1.807, 2.05) is 0 Å². The van der Waals surface area contributed by atoms with Crippen molar-refractivity contribution in [2.75, 3.05) is 0 Å². The Hall–Kier alpha value is -1.09. The molecule has 0 saturated heterocycles. The minimum atomic E-state index is -0.666. The molecule has 3 nitrogen and oxygen atoms in total. The van der Waals surface area contributed by atoms with Crippen molar-refractivity contribution < 1.29 is 9.63 Å². The van der Waals surface area contributed by atoms with E-state index in [1.54, 1.807) is 13.8 Å². The van der Waals surface area contributed by atoms with Gasteiger partial charge in [0.15, 0.2) is 0 Å². The van der Waals surface area contributed by atoms with Crippen molar-refractivity contribution in [1.82, 2.24) is 5.16 Å². The van der Waals surface area contributed by atoms with Gasteiger partial charge in [0.05, 0.1) is 5.69 Å². The fraction of sp³-hybridized carbons (Fsp3) is 0.375. The summed E-state index contributed by atoms with van der Waals surface area (Å²) in [7, 11) is 0. The van der Waals surface area contributed by atoms with Crippen LogP contribution in [0.15, 0.2) is 17.2 Å². The first kappa shape index (κ1) is 8.01. The largest absolute Gasteiger partial charge is 0.384 e. The molecule has 60 valence electrons. The van der Waals surface area contributed by atoms with E-state index in [-0.39, 0.29) is 0 Å². The lowest BCUT2D eigenvalue weighted by Crippen LogP contribution is -1.94. The number of nitrogens with zero attached hydrogens (tertiary/aromatic N) is 1. The fourth-order valence-electron chi connectivity index (χ4n) is 1.03. The van der Waals surface area contributed by atoms with Crippen LogP contribution in [0.4, 0.5) is 0 Å². The fourth-order valence-corrected chi connectivity index (χ4v) is 1.03. The SMILES string of the molecule is C=CC(O)c1c(C)noc1C. The van der Waals surface area contributed by atoms with Gasteiger partial charge in [0.2, 0.25) is 0 Å². The molecule has 0 aliphatic heterocycles. The Balaban J connectivity index is 3.09. The molecule has 1 N–H and O–H groups in total. The molecule has 1 aromatic rings. The topological polar surface area (TPSA) is 46.3 Å². The normalized spacial score (nSPS) is 13.0. The molecule has 0 fully saturated rings. The molecule has 0 bridgehead atoms. The Morgan fingerprint density at radius 2 is 2.27 bits per heavy atom. The molecular formula is C8H11NO2. The molecule has 1 heterocycles. The zero-order valence-electron chi connectivity index (χ0n) is 6.66. The number of rotatable bonds is 2. The highest BCUT2D eigenvalue weighted by atomic mass is 16.5. The van der Waals surface area contributed by atoms with Crippen molar-refractivity contribution in [3.63, 3.8) is 0 Å². The average molecular weight is 153 g/mol. The molecule has 1 unspecified atom stereocenters. The van der Waals surface area contributed by atoms with Gasteiger partial charge in [0.1, 0.15) is 11.9 Å². The number of aliphatic hydroxyl groups is 1. The van der Waals surface area contributed by atoms with Gasteiger partial charge in [0.25, 0.3) is 0 Å². The zero-order chi connectivity index (χ0) is 8.43. The third kappa shape index (κ3) is 1.33. The maximum absolute atomic E-state index is 9.36. The molecule has 1 aromatic heterocycles. The first-order valence-corrected chi connectivity index (χ1v) is 3.40. The Morgan fingerprint density at radius 1 is 1.64 bits per heavy atom. The van der Waals surface area contributed by atoms with Gasteiger partial charge in [-0.2, -0.15) is 0 Å². The summed E-state index contributed by atoms with van der Waals surface area (Å²) in [5.74, 6) is 0.648.